The van der Waals surface area contributed by atoms with Crippen LogP contribution in [-0.2, 0) is 19.5 Å². The van der Waals surface area contributed by atoms with Crippen LogP contribution in [0.4, 0.5) is 10.2 Å². The SMILES string of the molecule is Cc1c(C)n(Cc2ccc(F)cc2)c2c(N3CCc4ccccc4C3)nc(C(=O)N3CCN(C)CC3)cc12. The molecule has 2 aromatic heterocycles. The van der Waals surface area contributed by atoms with Gasteiger partial charge in [0, 0.05) is 56.9 Å². The number of halogens is 1. The van der Waals surface area contributed by atoms with E-state index in [9.17, 15) is 9.18 Å². The van der Waals surface area contributed by atoms with Crippen LogP contribution in [0.1, 0.15) is 38.4 Å². The van der Waals surface area contributed by atoms with Crippen molar-refractivity contribution in [1.29, 1.82) is 0 Å². The Morgan fingerprint density at radius 1 is 0.947 bits per heavy atom. The number of carbonyl (C=O) groups is 1. The first kappa shape index (κ1) is 24.6. The molecule has 4 aromatic rings. The first-order valence-corrected chi connectivity index (χ1v) is 13.4. The van der Waals surface area contributed by atoms with E-state index >= 15 is 0 Å². The summed E-state index contributed by atoms with van der Waals surface area (Å²) >= 11 is 0. The molecule has 0 spiro atoms. The molecule has 6 nitrogen and oxygen atoms in total. The molecule has 1 fully saturated rings. The van der Waals surface area contributed by atoms with Crippen LogP contribution in [0.15, 0.2) is 54.6 Å². The molecule has 1 saturated heterocycles. The molecule has 0 saturated carbocycles. The number of piperazine rings is 1. The second-order valence-electron chi connectivity index (χ2n) is 10.7. The van der Waals surface area contributed by atoms with Crippen molar-refractivity contribution in [3.05, 3.63) is 94.1 Å². The van der Waals surface area contributed by atoms with Crippen LogP contribution in [0, 0.1) is 19.7 Å². The van der Waals surface area contributed by atoms with Crippen molar-refractivity contribution in [2.45, 2.75) is 33.4 Å². The van der Waals surface area contributed by atoms with E-state index in [4.69, 9.17) is 4.98 Å². The van der Waals surface area contributed by atoms with Gasteiger partial charge in [-0.2, -0.15) is 0 Å². The fourth-order valence-electron chi connectivity index (χ4n) is 5.79. The number of aryl methyl sites for hydroxylation is 1. The predicted molar refractivity (Wildman–Crippen MR) is 149 cm³/mol. The van der Waals surface area contributed by atoms with Gasteiger partial charge < -0.3 is 19.3 Å². The fourth-order valence-corrected chi connectivity index (χ4v) is 5.79. The highest BCUT2D eigenvalue weighted by Gasteiger charge is 2.28. The summed E-state index contributed by atoms with van der Waals surface area (Å²) in [6, 6.07) is 17.3. The highest BCUT2D eigenvalue weighted by molar-refractivity contribution is 6.01. The van der Waals surface area contributed by atoms with Gasteiger partial charge in [0.25, 0.3) is 5.91 Å². The minimum Gasteiger partial charge on any atom is -0.350 e. The quantitative estimate of drug-likeness (QED) is 0.395. The zero-order valence-electron chi connectivity index (χ0n) is 22.4. The lowest BCUT2D eigenvalue weighted by Crippen LogP contribution is -2.47. The van der Waals surface area contributed by atoms with Crippen LogP contribution >= 0.6 is 0 Å². The Labute approximate surface area is 223 Å². The first-order chi connectivity index (χ1) is 18.4. The Morgan fingerprint density at radius 3 is 2.39 bits per heavy atom. The topological polar surface area (TPSA) is 44.6 Å². The Kier molecular flexibility index (Phi) is 6.40. The molecular formula is C31H34FN5O. The third kappa shape index (κ3) is 4.45. The Balaban J connectivity index is 1.48. The van der Waals surface area contributed by atoms with Crippen molar-refractivity contribution in [2.24, 2.45) is 0 Å². The minimum atomic E-state index is -0.236. The molecule has 0 bridgehead atoms. The summed E-state index contributed by atoms with van der Waals surface area (Å²) in [4.78, 5) is 25.3. The third-order valence-electron chi connectivity index (χ3n) is 8.29. The molecule has 0 aliphatic carbocycles. The molecular weight excluding hydrogens is 477 g/mol. The molecule has 2 aliphatic heterocycles. The summed E-state index contributed by atoms with van der Waals surface area (Å²) in [6.07, 6.45) is 0.937. The molecule has 38 heavy (non-hydrogen) atoms. The number of pyridine rings is 1. The van der Waals surface area contributed by atoms with E-state index in [1.165, 1.54) is 23.3 Å². The number of carbonyl (C=O) groups excluding carboxylic acids is 1. The number of nitrogens with zero attached hydrogens (tertiary/aromatic N) is 5. The summed E-state index contributed by atoms with van der Waals surface area (Å²) in [7, 11) is 2.09. The zero-order chi connectivity index (χ0) is 26.4. The lowest BCUT2D eigenvalue weighted by atomic mass is 10.00. The average molecular weight is 512 g/mol. The van der Waals surface area contributed by atoms with Gasteiger partial charge in [-0.1, -0.05) is 36.4 Å². The molecule has 2 aliphatic rings. The third-order valence-corrected chi connectivity index (χ3v) is 8.29. The largest absolute Gasteiger partial charge is 0.350 e. The van der Waals surface area contributed by atoms with Crippen LogP contribution in [0.3, 0.4) is 0 Å². The molecule has 2 aromatic carbocycles. The summed E-state index contributed by atoms with van der Waals surface area (Å²) in [5.41, 5.74) is 7.54. The molecule has 7 heteroatoms. The lowest BCUT2D eigenvalue weighted by Gasteiger charge is -2.33. The second-order valence-corrected chi connectivity index (χ2v) is 10.7. The normalized spacial score (nSPS) is 16.2. The number of amides is 1. The van der Waals surface area contributed by atoms with Crippen LogP contribution < -0.4 is 4.90 Å². The first-order valence-electron chi connectivity index (χ1n) is 13.4. The van der Waals surface area contributed by atoms with E-state index in [0.29, 0.717) is 25.3 Å². The van der Waals surface area contributed by atoms with E-state index in [0.717, 1.165) is 66.1 Å². The van der Waals surface area contributed by atoms with Crippen molar-refractivity contribution in [2.75, 3.05) is 44.7 Å². The van der Waals surface area contributed by atoms with Crippen molar-refractivity contribution < 1.29 is 9.18 Å². The molecule has 0 unspecified atom stereocenters. The molecule has 4 heterocycles. The minimum absolute atomic E-state index is 0.00185. The number of rotatable bonds is 4. The summed E-state index contributed by atoms with van der Waals surface area (Å²) in [5, 5.41) is 1.06. The summed E-state index contributed by atoms with van der Waals surface area (Å²) in [5.74, 6) is 0.621. The van der Waals surface area contributed by atoms with E-state index in [-0.39, 0.29) is 11.7 Å². The highest BCUT2D eigenvalue weighted by atomic mass is 19.1. The van der Waals surface area contributed by atoms with Crippen LogP contribution in [-0.4, -0.2) is 65.0 Å². The van der Waals surface area contributed by atoms with E-state index in [2.05, 4.69) is 59.5 Å². The number of hydrogen-bond acceptors (Lipinski definition) is 4. The smallest absolute Gasteiger partial charge is 0.272 e. The van der Waals surface area contributed by atoms with Gasteiger partial charge in [0.1, 0.15) is 11.5 Å². The highest BCUT2D eigenvalue weighted by Crippen LogP contribution is 2.35. The molecule has 196 valence electrons. The number of likely N-dealkylation sites (N-methyl/N-ethyl adjacent to an activating group) is 1. The van der Waals surface area contributed by atoms with Crippen LogP contribution in [0.25, 0.3) is 10.9 Å². The molecule has 0 radical (unpaired) electrons. The predicted octanol–water partition coefficient (Wildman–Crippen LogP) is 4.79. The number of fused-ring (bicyclic) bond motifs is 2. The van der Waals surface area contributed by atoms with E-state index in [1.807, 2.05) is 23.1 Å². The number of hydrogen-bond donors (Lipinski definition) is 0. The fraction of sp³-hybridized carbons (Fsp3) is 0.355. The number of benzene rings is 2. The molecule has 6 rings (SSSR count). The van der Waals surface area contributed by atoms with Crippen molar-refractivity contribution in [3.63, 3.8) is 0 Å². The van der Waals surface area contributed by atoms with Crippen LogP contribution in [0.5, 0.6) is 0 Å². The van der Waals surface area contributed by atoms with Crippen molar-refractivity contribution in [3.8, 4) is 0 Å². The molecule has 0 N–H and O–H groups in total. The summed E-state index contributed by atoms with van der Waals surface area (Å²) in [6.45, 7) is 9.62. The van der Waals surface area contributed by atoms with Gasteiger partial charge in [-0.3, -0.25) is 4.79 Å². The Bertz CT molecular complexity index is 1500. The van der Waals surface area contributed by atoms with E-state index < -0.39 is 0 Å². The van der Waals surface area contributed by atoms with Gasteiger partial charge in [0.2, 0.25) is 0 Å². The van der Waals surface area contributed by atoms with Gasteiger partial charge in [0.05, 0.1) is 5.52 Å². The summed E-state index contributed by atoms with van der Waals surface area (Å²) < 4.78 is 15.9. The lowest BCUT2D eigenvalue weighted by molar-refractivity contribution is 0.0658. The van der Waals surface area contributed by atoms with Crippen LogP contribution in [0.2, 0.25) is 0 Å². The Hall–Kier alpha value is -3.71. The zero-order valence-corrected chi connectivity index (χ0v) is 22.4. The maximum absolute atomic E-state index is 13.7. The maximum atomic E-state index is 13.7. The number of anilines is 1. The van der Waals surface area contributed by atoms with E-state index in [1.54, 1.807) is 0 Å². The standard InChI is InChI=1S/C31H34FN5O/c1-21-22(2)37(19-23-8-10-26(32)11-9-23)29-27(21)18-28(31(38)35-16-14-34(3)15-17-35)33-30(29)36-13-12-24-6-4-5-7-25(24)20-36/h4-11,18H,12-17,19-20H2,1-3H3. The Morgan fingerprint density at radius 2 is 1.66 bits per heavy atom. The van der Waals surface area contributed by atoms with Gasteiger partial charge in [-0.25, -0.2) is 9.37 Å². The monoisotopic (exact) mass is 511 g/mol. The maximum Gasteiger partial charge on any atom is 0.272 e. The van der Waals surface area contributed by atoms with Gasteiger partial charge in [-0.05, 0) is 67.8 Å². The molecule has 0 atom stereocenters. The second kappa shape index (κ2) is 9.87. The van der Waals surface area contributed by atoms with Crippen molar-refractivity contribution in [1.82, 2.24) is 19.4 Å². The van der Waals surface area contributed by atoms with Gasteiger partial charge in [-0.15, -0.1) is 0 Å². The van der Waals surface area contributed by atoms with Gasteiger partial charge >= 0.3 is 0 Å². The number of aromatic nitrogens is 2. The van der Waals surface area contributed by atoms with Crippen molar-refractivity contribution >= 4 is 22.6 Å². The average Bonchev–Trinajstić information content (AvgIpc) is 3.18. The van der Waals surface area contributed by atoms with Gasteiger partial charge in [0.15, 0.2) is 5.82 Å². The molecule has 1 amide bonds.